The highest BCUT2D eigenvalue weighted by molar-refractivity contribution is 5.83. The molecule has 2 atom stereocenters. The number of rotatable bonds is 3. The zero-order chi connectivity index (χ0) is 25.4. The maximum absolute atomic E-state index is 15.5. The minimum absolute atomic E-state index is 0.0615. The van der Waals surface area contributed by atoms with Crippen LogP contribution in [0.25, 0.3) is 28.0 Å². The van der Waals surface area contributed by atoms with Crippen LogP contribution >= 0.6 is 0 Å². The van der Waals surface area contributed by atoms with Crippen LogP contribution < -0.4 is 11.0 Å². The van der Waals surface area contributed by atoms with Gasteiger partial charge in [-0.15, -0.1) is 0 Å². The van der Waals surface area contributed by atoms with Gasteiger partial charge in [-0.1, -0.05) is 6.07 Å². The van der Waals surface area contributed by atoms with Gasteiger partial charge in [0.25, 0.3) is 0 Å². The van der Waals surface area contributed by atoms with E-state index in [2.05, 4.69) is 15.5 Å². The summed E-state index contributed by atoms with van der Waals surface area (Å²) in [6, 6.07) is 7.16. The molecule has 37 heavy (non-hydrogen) atoms. The maximum Gasteiger partial charge on any atom is 0.338 e. The van der Waals surface area contributed by atoms with Gasteiger partial charge in [-0.2, -0.15) is 15.3 Å². The number of benzene rings is 2. The first-order valence-corrected chi connectivity index (χ1v) is 12.3. The predicted octanol–water partition coefficient (Wildman–Crippen LogP) is 4.00. The van der Waals surface area contributed by atoms with Crippen LogP contribution in [0.15, 0.2) is 53.8 Å². The van der Waals surface area contributed by atoms with E-state index in [0.29, 0.717) is 34.1 Å². The lowest BCUT2D eigenvalue weighted by Crippen LogP contribution is -2.32. The summed E-state index contributed by atoms with van der Waals surface area (Å²) in [6.07, 6.45) is 8.75. The molecule has 2 aromatic carbocycles. The second-order valence-electron chi connectivity index (χ2n) is 9.90. The number of nitrogens with zero attached hydrogens (tertiary/aromatic N) is 6. The lowest BCUT2D eigenvalue weighted by molar-refractivity contribution is 0.509. The molecule has 0 saturated carbocycles. The fourth-order valence-electron chi connectivity index (χ4n) is 5.81. The molecule has 10 heteroatoms. The van der Waals surface area contributed by atoms with Crippen molar-refractivity contribution in [2.24, 2.45) is 0 Å². The van der Waals surface area contributed by atoms with Crippen LogP contribution in [0.1, 0.15) is 41.3 Å². The van der Waals surface area contributed by atoms with Gasteiger partial charge in [0.05, 0.1) is 29.5 Å². The van der Waals surface area contributed by atoms with Crippen LogP contribution in [-0.4, -0.2) is 35.2 Å². The standard InChI is InChI=1S/C27H23F2N7O/c1-14-9-18(10-15(2)24(14)28)36-26(23-20-5-4-17(32-20)11-21(23)33-36)35-8-7-34(27(35)37)22-6-3-16-12-30-31-13-19(16)25(22)29/h3,6-10,12-13,17,20,32H,4-5,11H2,1-2H3/t17-,20+/m1/s1. The number of aryl methyl sites for hydroxylation is 2. The zero-order valence-corrected chi connectivity index (χ0v) is 20.2. The van der Waals surface area contributed by atoms with Gasteiger partial charge < -0.3 is 5.32 Å². The number of halogens is 2. The van der Waals surface area contributed by atoms with E-state index in [1.165, 1.54) is 21.5 Å². The highest BCUT2D eigenvalue weighted by Crippen LogP contribution is 2.40. The smallest absolute Gasteiger partial charge is 0.307 e. The van der Waals surface area contributed by atoms with Gasteiger partial charge in [-0.25, -0.2) is 18.3 Å². The van der Waals surface area contributed by atoms with E-state index in [9.17, 15) is 9.18 Å². The number of aromatic nitrogens is 6. The van der Waals surface area contributed by atoms with Crippen molar-refractivity contribution in [1.29, 1.82) is 0 Å². The molecule has 5 heterocycles. The Balaban J connectivity index is 1.46. The first kappa shape index (κ1) is 22.1. The minimum Gasteiger partial charge on any atom is -0.307 e. The van der Waals surface area contributed by atoms with Crippen molar-refractivity contribution in [3.8, 4) is 17.2 Å². The van der Waals surface area contributed by atoms with Crippen LogP contribution in [0.3, 0.4) is 0 Å². The van der Waals surface area contributed by atoms with Crippen LogP contribution in [-0.2, 0) is 6.42 Å². The molecule has 0 radical (unpaired) electrons. The average Bonchev–Trinajstić information content (AvgIpc) is 3.58. The summed E-state index contributed by atoms with van der Waals surface area (Å²) < 4.78 is 34.4. The summed E-state index contributed by atoms with van der Waals surface area (Å²) >= 11 is 0. The third kappa shape index (κ3) is 3.21. The Kier molecular flexibility index (Phi) is 4.71. The van der Waals surface area contributed by atoms with E-state index >= 15 is 4.39 Å². The Morgan fingerprint density at radius 3 is 2.54 bits per heavy atom. The fraction of sp³-hybridized carbons (Fsp3) is 0.259. The summed E-state index contributed by atoms with van der Waals surface area (Å²) in [7, 11) is 0. The third-order valence-corrected chi connectivity index (χ3v) is 7.58. The summed E-state index contributed by atoms with van der Waals surface area (Å²) in [4.78, 5) is 13.8. The van der Waals surface area contributed by atoms with E-state index in [0.717, 1.165) is 30.5 Å². The van der Waals surface area contributed by atoms with E-state index in [-0.39, 0.29) is 22.9 Å². The molecule has 0 spiro atoms. The van der Waals surface area contributed by atoms with Gasteiger partial charge in [0.15, 0.2) is 5.82 Å². The molecule has 5 aromatic rings. The van der Waals surface area contributed by atoms with Crippen molar-refractivity contribution in [1.82, 2.24) is 34.4 Å². The highest BCUT2D eigenvalue weighted by Gasteiger charge is 2.38. The molecule has 3 aromatic heterocycles. The Labute approximate surface area is 210 Å². The molecular formula is C27H23F2N7O. The Bertz CT molecular complexity index is 1760. The monoisotopic (exact) mass is 499 g/mol. The summed E-state index contributed by atoms with van der Waals surface area (Å²) in [5, 5.41) is 17.0. The van der Waals surface area contributed by atoms with Crippen molar-refractivity contribution >= 4 is 10.8 Å². The van der Waals surface area contributed by atoms with Crippen molar-refractivity contribution in [2.45, 2.75) is 45.2 Å². The van der Waals surface area contributed by atoms with Crippen molar-refractivity contribution in [3.63, 3.8) is 0 Å². The Morgan fingerprint density at radius 1 is 0.973 bits per heavy atom. The van der Waals surface area contributed by atoms with Crippen LogP contribution in [0.5, 0.6) is 0 Å². The molecule has 0 unspecified atom stereocenters. The molecule has 7 rings (SSSR count). The second-order valence-corrected chi connectivity index (χ2v) is 9.90. The van der Waals surface area contributed by atoms with E-state index in [4.69, 9.17) is 5.10 Å². The molecular weight excluding hydrogens is 476 g/mol. The number of nitrogens with one attached hydrogen (secondary N) is 1. The Hall–Kier alpha value is -4.18. The molecule has 0 aliphatic carbocycles. The van der Waals surface area contributed by atoms with E-state index < -0.39 is 11.5 Å². The Morgan fingerprint density at radius 2 is 1.73 bits per heavy atom. The largest absolute Gasteiger partial charge is 0.338 e. The quantitative estimate of drug-likeness (QED) is 0.406. The lowest BCUT2D eigenvalue weighted by Gasteiger charge is -2.21. The summed E-state index contributed by atoms with van der Waals surface area (Å²) in [6.45, 7) is 3.43. The SMILES string of the molecule is Cc1cc(-n2nc3c(c2-n2ccn(-c4ccc5cnncc5c4F)c2=O)[C@@H]2CC[C@H](C3)N2)cc(C)c1F. The highest BCUT2D eigenvalue weighted by atomic mass is 19.1. The van der Waals surface area contributed by atoms with Gasteiger partial charge in [-0.05, 0) is 56.0 Å². The number of hydrogen-bond donors (Lipinski definition) is 1. The molecule has 186 valence electrons. The number of hydrogen-bond acceptors (Lipinski definition) is 5. The van der Waals surface area contributed by atoms with Gasteiger partial charge in [0.2, 0.25) is 0 Å². The van der Waals surface area contributed by atoms with Crippen LogP contribution in [0.2, 0.25) is 0 Å². The first-order chi connectivity index (χ1) is 17.9. The second kappa shape index (κ2) is 7.91. The van der Waals surface area contributed by atoms with Crippen LogP contribution in [0.4, 0.5) is 8.78 Å². The number of fused-ring (bicyclic) bond motifs is 5. The molecule has 1 saturated heterocycles. The zero-order valence-electron chi connectivity index (χ0n) is 20.2. The summed E-state index contributed by atoms with van der Waals surface area (Å²) in [5.41, 5.74) is 3.25. The minimum atomic E-state index is -0.548. The van der Waals surface area contributed by atoms with Crippen molar-refractivity contribution in [3.05, 3.63) is 93.6 Å². The molecule has 8 nitrogen and oxygen atoms in total. The average molecular weight is 500 g/mol. The normalized spacial score (nSPS) is 18.5. The van der Waals surface area contributed by atoms with Crippen molar-refractivity contribution in [2.75, 3.05) is 0 Å². The van der Waals surface area contributed by atoms with E-state index in [1.54, 1.807) is 55.2 Å². The fourth-order valence-corrected chi connectivity index (χ4v) is 5.81. The molecule has 1 fully saturated rings. The number of imidazole rings is 1. The van der Waals surface area contributed by atoms with Gasteiger partial charge in [0, 0.05) is 47.2 Å². The molecule has 2 aliphatic heterocycles. The molecule has 1 N–H and O–H groups in total. The topological polar surface area (TPSA) is 82.6 Å². The first-order valence-electron chi connectivity index (χ1n) is 12.3. The van der Waals surface area contributed by atoms with E-state index in [1.807, 2.05) is 0 Å². The molecule has 2 aliphatic rings. The summed E-state index contributed by atoms with van der Waals surface area (Å²) in [5.74, 6) is -0.218. The van der Waals surface area contributed by atoms with Gasteiger partial charge in [0.1, 0.15) is 11.6 Å². The molecule has 2 bridgehead atoms. The lowest BCUT2D eigenvalue weighted by atomic mass is 10.0. The third-order valence-electron chi connectivity index (χ3n) is 7.58. The predicted molar refractivity (Wildman–Crippen MR) is 134 cm³/mol. The van der Waals surface area contributed by atoms with Gasteiger partial charge in [-0.3, -0.25) is 9.13 Å². The van der Waals surface area contributed by atoms with Crippen molar-refractivity contribution < 1.29 is 8.78 Å². The van der Waals surface area contributed by atoms with Gasteiger partial charge >= 0.3 is 5.69 Å². The van der Waals surface area contributed by atoms with Crippen LogP contribution in [0, 0.1) is 25.5 Å². The molecule has 0 amide bonds. The maximum atomic E-state index is 15.5.